The Morgan fingerprint density at radius 3 is 1.72 bits per heavy atom. The Morgan fingerprint density at radius 1 is 0.540 bits per heavy atom. The van der Waals surface area contributed by atoms with Crippen LogP contribution >= 0.6 is 23.5 Å². The molecular formula is C38H28N8O2S2. The highest BCUT2D eigenvalue weighted by molar-refractivity contribution is 8.00. The standard InChI is InChI=1S/C38H28N8O2S2/c47-33(21-49-37-42-29-10-4-5-11-30(29)43-37)39-25-16-14-24(15-17-25)36-41-28-19-18-26(20-27(28)35(46-36)23-8-2-1-3-9-23)40-34(48)22-50-38-44-31-12-6-7-13-32(31)45-38/h1-20H,21-22H2,(H,39,47)(H,40,48)(H,42,43)(H,44,45). The monoisotopic (exact) mass is 692 g/mol. The molecule has 0 saturated carbocycles. The molecule has 0 bridgehead atoms. The van der Waals surface area contributed by atoms with Gasteiger partial charge in [0.1, 0.15) is 0 Å². The summed E-state index contributed by atoms with van der Waals surface area (Å²) in [4.78, 5) is 51.0. The number of aromatic nitrogens is 6. The number of para-hydroxylation sites is 4. The minimum atomic E-state index is -0.145. The molecule has 8 aromatic rings. The maximum Gasteiger partial charge on any atom is 0.234 e. The number of imidazole rings is 2. The molecule has 0 fully saturated rings. The van der Waals surface area contributed by atoms with Gasteiger partial charge in [-0.2, -0.15) is 0 Å². The maximum absolute atomic E-state index is 12.9. The molecule has 10 nitrogen and oxygen atoms in total. The highest BCUT2D eigenvalue weighted by Gasteiger charge is 2.15. The first-order valence-corrected chi connectivity index (χ1v) is 17.7. The van der Waals surface area contributed by atoms with E-state index in [4.69, 9.17) is 9.97 Å². The molecule has 0 spiro atoms. The fourth-order valence-electron chi connectivity index (χ4n) is 5.51. The fourth-order valence-corrected chi connectivity index (χ4v) is 6.88. The number of carbonyl (C=O) groups is 2. The number of fused-ring (bicyclic) bond motifs is 3. The van der Waals surface area contributed by atoms with Gasteiger partial charge in [0.05, 0.1) is 44.8 Å². The predicted molar refractivity (Wildman–Crippen MR) is 201 cm³/mol. The first-order chi connectivity index (χ1) is 24.5. The lowest BCUT2D eigenvalue weighted by Gasteiger charge is -2.12. The van der Waals surface area contributed by atoms with Crippen LogP contribution in [0.15, 0.2) is 132 Å². The molecule has 0 aliphatic carbocycles. The van der Waals surface area contributed by atoms with Crippen molar-refractivity contribution in [1.82, 2.24) is 29.9 Å². The van der Waals surface area contributed by atoms with Gasteiger partial charge in [-0.05, 0) is 66.7 Å². The first kappa shape index (κ1) is 31.3. The number of anilines is 2. The lowest BCUT2D eigenvalue weighted by molar-refractivity contribution is -0.114. The van der Waals surface area contributed by atoms with Crippen LogP contribution in [0.25, 0.3) is 55.6 Å². The third-order valence-electron chi connectivity index (χ3n) is 7.87. The average molecular weight is 693 g/mol. The van der Waals surface area contributed by atoms with E-state index in [9.17, 15) is 9.59 Å². The van der Waals surface area contributed by atoms with Gasteiger partial charge in [-0.1, -0.05) is 78.1 Å². The number of thioether (sulfide) groups is 2. The molecule has 50 heavy (non-hydrogen) atoms. The summed E-state index contributed by atoms with van der Waals surface area (Å²) in [7, 11) is 0. The molecule has 244 valence electrons. The van der Waals surface area contributed by atoms with Crippen LogP contribution in [0.5, 0.6) is 0 Å². The third kappa shape index (κ3) is 6.93. The summed E-state index contributed by atoms with van der Waals surface area (Å²) in [5.74, 6) is 0.698. The van der Waals surface area contributed by atoms with Crippen molar-refractivity contribution in [3.05, 3.63) is 121 Å². The molecule has 0 aliphatic rings. The Kier molecular flexibility index (Phi) is 8.68. The summed E-state index contributed by atoms with van der Waals surface area (Å²) in [5, 5.41) is 8.17. The molecule has 3 heterocycles. The number of hydrogen-bond donors (Lipinski definition) is 4. The van der Waals surface area contributed by atoms with E-state index >= 15 is 0 Å². The van der Waals surface area contributed by atoms with Crippen LogP contribution in [0.3, 0.4) is 0 Å². The fraction of sp³-hybridized carbons (Fsp3) is 0.0526. The van der Waals surface area contributed by atoms with E-state index in [0.717, 1.165) is 49.8 Å². The van der Waals surface area contributed by atoms with Gasteiger partial charge >= 0.3 is 0 Å². The number of nitrogens with zero attached hydrogens (tertiary/aromatic N) is 4. The Labute approximate surface area is 294 Å². The molecule has 0 radical (unpaired) electrons. The smallest absolute Gasteiger partial charge is 0.234 e. The first-order valence-electron chi connectivity index (χ1n) is 15.8. The lowest BCUT2D eigenvalue weighted by atomic mass is 10.0. The molecule has 4 N–H and O–H groups in total. The quantitative estimate of drug-likeness (QED) is 0.105. The second kappa shape index (κ2) is 13.9. The highest BCUT2D eigenvalue weighted by atomic mass is 32.2. The third-order valence-corrected chi connectivity index (χ3v) is 9.62. The number of carbonyl (C=O) groups excluding carboxylic acids is 2. The molecule has 2 amide bonds. The van der Waals surface area contributed by atoms with E-state index in [0.29, 0.717) is 27.5 Å². The summed E-state index contributed by atoms with van der Waals surface area (Å²) in [5.41, 5.74) is 8.16. The molecule has 0 unspecified atom stereocenters. The minimum absolute atomic E-state index is 0.132. The van der Waals surface area contributed by atoms with Crippen molar-refractivity contribution < 1.29 is 9.59 Å². The summed E-state index contributed by atoms with van der Waals surface area (Å²) in [6.07, 6.45) is 0. The zero-order valence-corrected chi connectivity index (χ0v) is 28.0. The predicted octanol–water partition coefficient (Wildman–Crippen LogP) is 8.18. The Hall–Kier alpha value is -5.98. The van der Waals surface area contributed by atoms with Crippen molar-refractivity contribution in [2.24, 2.45) is 0 Å². The van der Waals surface area contributed by atoms with Gasteiger partial charge in [0.25, 0.3) is 0 Å². The van der Waals surface area contributed by atoms with E-state index in [-0.39, 0.29) is 23.3 Å². The van der Waals surface area contributed by atoms with Crippen LogP contribution in [0, 0.1) is 0 Å². The van der Waals surface area contributed by atoms with Gasteiger partial charge in [-0.15, -0.1) is 0 Å². The van der Waals surface area contributed by atoms with E-state index in [1.807, 2.05) is 121 Å². The Balaban J connectivity index is 0.975. The minimum Gasteiger partial charge on any atom is -0.333 e. The second-order valence-corrected chi connectivity index (χ2v) is 13.3. The van der Waals surface area contributed by atoms with E-state index < -0.39 is 0 Å². The van der Waals surface area contributed by atoms with Crippen LogP contribution in [0.2, 0.25) is 0 Å². The molecule has 0 atom stereocenters. The molecule has 0 saturated heterocycles. The van der Waals surface area contributed by atoms with Crippen molar-refractivity contribution in [1.29, 1.82) is 0 Å². The van der Waals surface area contributed by atoms with Gasteiger partial charge in [0, 0.05) is 27.9 Å². The number of H-pyrrole nitrogens is 2. The molecule has 0 aliphatic heterocycles. The van der Waals surface area contributed by atoms with Crippen molar-refractivity contribution in [3.8, 4) is 22.6 Å². The highest BCUT2D eigenvalue weighted by Crippen LogP contribution is 2.32. The van der Waals surface area contributed by atoms with Gasteiger partial charge in [-0.25, -0.2) is 19.9 Å². The topological polar surface area (TPSA) is 141 Å². The van der Waals surface area contributed by atoms with Crippen molar-refractivity contribution in [2.45, 2.75) is 10.3 Å². The van der Waals surface area contributed by atoms with Gasteiger partial charge in [0.15, 0.2) is 16.1 Å². The summed E-state index contributed by atoms with van der Waals surface area (Å²) in [6, 6.07) is 38.6. The molecule has 8 rings (SSSR count). The second-order valence-electron chi connectivity index (χ2n) is 11.4. The molecule has 3 aromatic heterocycles. The largest absolute Gasteiger partial charge is 0.333 e. The number of nitrogens with one attached hydrogen (secondary N) is 4. The Morgan fingerprint density at radius 2 is 1.10 bits per heavy atom. The number of aromatic amines is 2. The van der Waals surface area contributed by atoms with E-state index in [1.54, 1.807) is 0 Å². The van der Waals surface area contributed by atoms with Gasteiger partial charge in [-0.3, -0.25) is 9.59 Å². The van der Waals surface area contributed by atoms with Crippen molar-refractivity contribution in [3.63, 3.8) is 0 Å². The molecular weight excluding hydrogens is 665 g/mol. The van der Waals surface area contributed by atoms with Crippen LogP contribution < -0.4 is 10.6 Å². The summed E-state index contributed by atoms with van der Waals surface area (Å²) < 4.78 is 0. The summed E-state index contributed by atoms with van der Waals surface area (Å²) in [6.45, 7) is 0. The molecule has 5 aromatic carbocycles. The van der Waals surface area contributed by atoms with E-state index in [1.165, 1.54) is 23.5 Å². The van der Waals surface area contributed by atoms with E-state index in [2.05, 4.69) is 30.6 Å². The van der Waals surface area contributed by atoms with Crippen LogP contribution in [0.1, 0.15) is 0 Å². The lowest BCUT2D eigenvalue weighted by Crippen LogP contribution is -2.14. The number of rotatable bonds is 10. The SMILES string of the molecule is O=C(CSc1nc2ccccc2[nH]1)Nc1ccc(-c2nc(-c3ccccc3)c3cc(NC(=O)CSc4nc5ccccc5[nH]4)ccc3n2)cc1. The summed E-state index contributed by atoms with van der Waals surface area (Å²) >= 11 is 2.70. The van der Waals surface area contributed by atoms with Crippen molar-refractivity contribution >= 4 is 79.7 Å². The maximum atomic E-state index is 12.9. The Bertz CT molecular complexity index is 2430. The van der Waals surface area contributed by atoms with Gasteiger partial charge < -0.3 is 20.6 Å². The number of benzene rings is 5. The average Bonchev–Trinajstić information content (AvgIpc) is 3.77. The number of hydrogen-bond acceptors (Lipinski definition) is 8. The van der Waals surface area contributed by atoms with Gasteiger partial charge in [0.2, 0.25) is 11.8 Å². The molecule has 12 heteroatoms. The van der Waals surface area contributed by atoms with Crippen LogP contribution in [0.4, 0.5) is 11.4 Å². The van der Waals surface area contributed by atoms with Crippen LogP contribution in [-0.4, -0.2) is 53.2 Å². The van der Waals surface area contributed by atoms with Crippen molar-refractivity contribution in [2.75, 3.05) is 22.1 Å². The normalized spacial score (nSPS) is 11.3. The van der Waals surface area contributed by atoms with Crippen LogP contribution in [-0.2, 0) is 9.59 Å². The zero-order valence-electron chi connectivity index (χ0n) is 26.4. The zero-order chi connectivity index (χ0) is 33.9. The number of amides is 2.